The van der Waals surface area contributed by atoms with E-state index in [1.165, 1.54) is 4.90 Å². The normalized spacial score (nSPS) is 17.9. The zero-order chi connectivity index (χ0) is 31.5. The maximum absolute atomic E-state index is 13.4. The summed E-state index contributed by atoms with van der Waals surface area (Å²) < 4.78 is 11.8. The molecule has 44 heavy (non-hydrogen) atoms. The predicted octanol–water partition coefficient (Wildman–Crippen LogP) is 3.07. The highest BCUT2D eigenvalue weighted by Gasteiger charge is 2.30. The number of benzene rings is 3. The van der Waals surface area contributed by atoms with Crippen LogP contribution in [0.1, 0.15) is 47.7 Å². The van der Waals surface area contributed by atoms with Crippen molar-refractivity contribution in [2.75, 3.05) is 33.4 Å². The van der Waals surface area contributed by atoms with Crippen LogP contribution in [0.5, 0.6) is 11.5 Å². The molecule has 1 heterocycles. The van der Waals surface area contributed by atoms with Crippen molar-refractivity contribution in [2.24, 2.45) is 0 Å². The minimum atomic E-state index is -1.22. The molecule has 4 amide bonds. The Bertz CT molecular complexity index is 1440. The van der Waals surface area contributed by atoms with Gasteiger partial charge in [-0.3, -0.25) is 19.2 Å². The lowest BCUT2D eigenvalue weighted by molar-refractivity contribution is -0.136. The summed E-state index contributed by atoms with van der Waals surface area (Å²) in [4.78, 5) is 54.9. The molecule has 0 aromatic heterocycles. The monoisotopic (exact) mass is 600 g/mol. The fourth-order valence-electron chi connectivity index (χ4n) is 4.93. The lowest BCUT2D eigenvalue weighted by Gasteiger charge is -2.27. The van der Waals surface area contributed by atoms with Crippen molar-refractivity contribution in [2.45, 2.75) is 44.7 Å². The maximum Gasteiger partial charge on any atom is 0.255 e. The molecule has 0 fully saturated rings. The van der Waals surface area contributed by atoms with Crippen molar-refractivity contribution >= 4 is 23.6 Å². The summed E-state index contributed by atoms with van der Waals surface area (Å²) in [5, 5.41) is 8.27. The predicted molar refractivity (Wildman–Crippen MR) is 167 cm³/mol. The molecule has 0 radical (unpaired) electrons. The number of para-hydroxylation sites is 2. The molecule has 4 rings (SSSR count). The molecule has 0 saturated carbocycles. The fourth-order valence-corrected chi connectivity index (χ4v) is 4.93. The first-order valence-corrected chi connectivity index (χ1v) is 14.8. The topological polar surface area (TPSA) is 126 Å². The molecule has 0 bridgehead atoms. The molecule has 3 aromatic rings. The molecule has 10 nitrogen and oxygen atoms in total. The Morgan fingerprint density at radius 3 is 2.45 bits per heavy atom. The average molecular weight is 601 g/mol. The lowest BCUT2D eigenvalue weighted by atomic mass is 10.0. The van der Waals surface area contributed by atoms with E-state index in [1.807, 2.05) is 54.6 Å². The van der Waals surface area contributed by atoms with E-state index >= 15 is 0 Å². The first-order chi connectivity index (χ1) is 21.2. The van der Waals surface area contributed by atoms with Crippen LogP contribution in [0.25, 0.3) is 0 Å². The zero-order valence-corrected chi connectivity index (χ0v) is 25.4. The van der Waals surface area contributed by atoms with Gasteiger partial charge in [-0.2, -0.15) is 0 Å². The molecule has 3 aromatic carbocycles. The summed E-state index contributed by atoms with van der Waals surface area (Å²) in [6, 6.07) is 21.6. The first kappa shape index (κ1) is 32.1. The Morgan fingerprint density at radius 1 is 0.977 bits per heavy atom. The molecule has 232 valence electrons. The van der Waals surface area contributed by atoms with Gasteiger partial charge in [0.25, 0.3) is 5.91 Å². The Hall–Kier alpha value is -4.86. The largest absolute Gasteiger partial charge is 0.491 e. The van der Waals surface area contributed by atoms with Crippen LogP contribution in [0.15, 0.2) is 78.9 Å². The Labute approximate surface area is 258 Å². The second-order valence-corrected chi connectivity index (χ2v) is 11.0. The number of nitrogens with zero attached hydrogens (tertiary/aromatic N) is 1. The third kappa shape index (κ3) is 8.82. The Balaban J connectivity index is 1.51. The summed E-state index contributed by atoms with van der Waals surface area (Å²) in [5.74, 6) is -0.635. The Kier molecular flexibility index (Phi) is 11.3. The molecule has 0 unspecified atom stereocenters. The summed E-state index contributed by atoms with van der Waals surface area (Å²) >= 11 is 0. The number of carbonyl (C=O) groups excluding carboxylic acids is 4. The van der Waals surface area contributed by atoms with E-state index in [2.05, 4.69) is 29.8 Å². The smallest absolute Gasteiger partial charge is 0.255 e. The molecule has 0 saturated heterocycles. The number of hydrogen-bond donors (Lipinski definition) is 3. The van der Waals surface area contributed by atoms with Crippen LogP contribution in [0.2, 0.25) is 0 Å². The number of likely N-dealkylation sites (N-methyl/N-ethyl adjacent to an activating group) is 1. The zero-order valence-electron chi connectivity index (χ0n) is 25.4. The average Bonchev–Trinajstić information content (AvgIpc) is 3.02. The van der Waals surface area contributed by atoms with Gasteiger partial charge < -0.3 is 30.3 Å². The highest BCUT2D eigenvalue weighted by atomic mass is 16.5. The molecule has 1 aliphatic rings. The van der Waals surface area contributed by atoms with E-state index in [9.17, 15) is 19.2 Å². The molecule has 10 heteroatoms. The van der Waals surface area contributed by atoms with Crippen molar-refractivity contribution in [1.82, 2.24) is 20.9 Å². The van der Waals surface area contributed by atoms with Crippen molar-refractivity contribution in [3.05, 3.63) is 95.6 Å². The van der Waals surface area contributed by atoms with Crippen LogP contribution in [-0.2, 0) is 20.8 Å². The van der Waals surface area contributed by atoms with Gasteiger partial charge in [0.15, 0.2) is 0 Å². The Morgan fingerprint density at radius 2 is 1.68 bits per heavy atom. The molecule has 2 atom stereocenters. The second kappa shape index (κ2) is 15.6. The highest BCUT2D eigenvalue weighted by molar-refractivity contribution is 6.01. The SMILES string of the molecule is CC(C)c1ccccc1OCCNC(=O)[C@@H]1CC(=O)N[C@@H](Cc2ccccc2)C(=O)N(C)CCOc2ccccc2C(=O)N1. The van der Waals surface area contributed by atoms with Gasteiger partial charge in [0, 0.05) is 13.5 Å². The number of nitrogens with one attached hydrogen (secondary N) is 3. The van der Waals surface area contributed by atoms with E-state index < -0.39 is 29.8 Å². The van der Waals surface area contributed by atoms with Crippen LogP contribution in [0, 0.1) is 0 Å². The third-order valence-corrected chi connectivity index (χ3v) is 7.32. The molecule has 1 aliphatic heterocycles. The number of hydrogen-bond acceptors (Lipinski definition) is 6. The van der Waals surface area contributed by atoms with Crippen molar-refractivity contribution in [3.63, 3.8) is 0 Å². The summed E-state index contributed by atoms with van der Waals surface area (Å²) in [7, 11) is 1.64. The van der Waals surface area contributed by atoms with Crippen LogP contribution >= 0.6 is 0 Å². The van der Waals surface area contributed by atoms with Crippen LogP contribution < -0.4 is 25.4 Å². The number of fused-ring (bicyclic) bond motifs is 1. The second-order valence-electron chi connectivity index (χ2n) is 11.0. The maximum atomic E-state index is 13.4. The van der Waals surface area contributed by atoms with Gasteiger partial charge in [-0.25, -0.2) is 0 Å². The standard InChI is InChI=1S/C34H40N4O6/c1-23(2)25-13-7-9-15-29(25)43-19-17-35-33(41)27-22-31(39)36-28(21-24-11-5-4-6-12-24)34(42)38(3)18-20-44-30-16-10-8-14-26(30)32(40)37-27/h4-16,23,27-28H,17-22H2,1-3H3,(H,35,41)(H,36,39)(H,37,40)/t27-,28-/m0/s1. The van der Waals surface area contributed by atoms with Gasteiger partial charge in [-0.05, 0) is 35.2 Å². The van der Waals surface area contributed by atoms with Crippen molar-refractivity contribution in [3.8, 4) is 11.5 Å². The highest BCUT2D eigenvalue weighted by Crippen LogP contribution is 2.25. The summed E-state index contributed by atoms with van der Waals surface area (Å²) in [6.07, 6.45) is -0.113. The van der Waals surface area contributed by atoms with Gasteiger partial charge in [0.2, 0.25) is 17.7 Å². The number of rotatable bonds is 8. The van der Waals surface area contributed by atoms with Crippen molar-refractivity contribution in [1.29, 1.82) is 0 Å². The van der Waals surface area contributed by atoms with E-state index in [0.29, 0.717) is 5.75 Å². The van der Waals surface area contributed by atoms with E-state index in [0.717, 1.165) is 16.9 Å². The quantitative estimate of drug-likeness (QED) is 0.342. The van der Waals surface area contributed by atoms with Gasteiger partial charge in [0.1, 0.15) is 36.8 Å². The molecule has 3 N–H and O–H groups in total. The fraction of sp³-hybridized carbons (Fsp3) is 0.353. The third-order valence-electron chi connectivity index (χ3n) is 7.32. The summed E-state index contributed by atoms with van der Waals surface area (Å²) in [5.41, 5.74) is 2.14. The summed E-state index contributed by atoms with van der Waals surface area (Å²) in [6.45, 7) is 4.86. The van der Waals surface area contributed by atoms with Crippen LogP contribution in [0.4, 0.5) is 0 Å². The van der Waals surface area contributed by atoms with Gasteiger partial charge in [-0.1, -0.05) is 74.5 Å². The molecule has 0 aliphatic carbocycles. The number of carbonyl (C=O) groups is 4. The van der Waals surface area contributed by atoms with Gasteiger partial charge in [0.05, 0.1) is 25.1 Å². The van der Waals surface area contributed by atoms with Crippen molar-refractivity contribution < 1.29 is 28.7 Å². The number of amides is 4. The molecular formula is C34H40N4O6. The van der Waals surface area contributed by atoms with Gasteiger partial charge in [-0.15, -0.1) is 0 Å². The molecular weight excluding hydrogens is 560 g/mol. The number of ether oxygens (including phenoxy) is 2. The minimum Gasteiger partial charge on any atom is -0.491 e. The van der Waals surface area contributed by atoms with Crippen LogP contribution in [0.3, 0.4) is 0 Å². The van der Waals surface area contributed by atoms with Gasteiger partial charge >= 0.3 is 0 Å². The first-order valence-electron chi connectivity index (χ1n) is 14.8. The van der Waals surface area contributed by atoms with E-state index in [4.69, 9.17) is 9.47 Å². The van der Waals surface area contributed by atoms with E-state index in [1.54, 1.807) is 31.3 Å². The van der Waals surface area contributed by atoms with Crippen LogP contribution in [-0.4, -0.2) is 74.0 Å². The van der Waals surface area contributed by atoms with E-state index in [-0.39, 0.29) is 56.5 Å². The lowest BCUT2D eigenvalue weighted by Crippen LogP contribution is -2.53. The minimum absolute atomic E-state index is 0.127. The molecule has 0 spiro atoms.